The third-order valence-electron chi connectivity index (χ3n) is 3.67. The van der Waals surface area contributed by atoms with E-state index in [1.54, 1.807) is 7.11 Å². The van der Waals surface area contributed by atoms with Crippen molar-refractivity contribution in [3.63, 3.8) is 0 Å². The molecular formula is C15H25NO. The van der Waals surface area contributed by atoms with E-state index in [2.05, 4.69) is 40.7 Å². The number of hydrogen-bond donors (Lipinski definition) is 1. The Morgan fingerprint density at radius 2 is 1.76 bits per heavy atom. The topological polar surface area (TPSA) is 35.2 Å². The molecule has 2 heteroatoms. The molecule has 17 heavy (non-hydrogen) atoms. The maximum atomic E-state index is 5.93. The molecule has 0 aliphatic rings. The van der Waals surface area contributed by atoms with Crippen molar-refractivity contribution in [2.24, 2.45) is 11.7 Å². The smallest absolute Gasteiger partial charge is 0.125 e. The maximum Gasteiger partial charge on any atom is 0.125 e. The standard InChI is InChI=1S/C15H25NO/c1-9(2)13(8-16)14-11(4)7-10(3)12(5)15(14)17-6/h7,9,13H,8,16H2,1-6H3. The highest BCUT2D eigenvalue weighted by molar-refractivity contribution is 5.51. The van der Waals surface area contributed by atoms with Crippen LogP contribution in [-0.4, -0.2) is 13.7 Å². The van der Waals surface area contributed by atoms with Gasteiger partial charge in [-0.25, -0.2) is 0 Å². The molecule has 0 aliphatic carbocycles. The van der Waals surface area contributed by atoms with Crippen LogP contribution in [-0.2, 0) is 0 Å². The molecular weight excluding hydrogens is 210 g/mol. The van der Waals surface area contributed by atoms with Crippen molar-refractivity contribution in [1.29, 1.82) is 0 Å². The number of nitrogens with two attached hydrogens (primary N) is 1. The number of hydrogen-bond acceptors (Lipinski definition) is 2. The SMILES string of the molecule is COc1c(C)c(C)cc(C)c1C(CN)C(C)C. The largest absolute Gasteiger partial charge is 0.496 e. The summed E-state index contributed by atoms with van der Waals surface area (Å²) in [6.45, 7) is 11.5. The molecule has 0 radical (unpaired) electrons. The zero-order valence-electron chi connectivity index (χ0n) is 11.9. The molecule has 1 rings (SSSR count). The van der Waals surface area contributed by atoms with E-state index < -0.39 is 0 Å². The molecule has 0 saturated carbocycles. The number of rotatable bonds is 4. The van der Waals surface area contributed by atoms with Gasteiger partial charge in [-0.2, -0.15) is 0 Å². The van der Waals surface area contributed by atoms with Crippen molar-refractivity contribution >= 4 is 0 Å². The quantitative estimate of drug-likeness (QED) is 0.869. The molecule has 1 aromatic carbocycles. The lowest BCUT2D eigenvalue weighted by Crippen LogP contribution is -2.20. The first-order valence-electron chi connectivity index (χ1n) is 6.28. The third-order valence-corrected chi connectivity index (χ3v) is 3.67. The molecule has 0 bridgehead atoms. The van der Waals surface area contributed by atoms with E-state index in [1.807, 2.05) is 0 Å². The lowest BCUT2D eigenvalue weighted by molar-refractivity contribution is 0.391. The average molecular weight is 235 g/mol. The highest BCUT2D eigenvalue weighted by Crippen LogP contribution is 2.37. The van der Waals surface area contributed by atoms with Crippen LogP contribution in [0.15, 0.2) is 6.07 Å². The molecule has 0 saturated heterocycles. The minimum atomic E-state index is 0.365. The molecule has 96 valence electrons. The Labute approximate surface area is 105 Å². The molecule has 0 fully saturated rings. The Bertz CT molecular complexity index is 396. The van der Waals surface area contributed by atoms with Crippen LogP contribution in [0.5, 0.6) is 5.75 Å². The zero-order valence-corrected chi connectivity index (χ0v) is 11.9. The zero-order chi connectivity index (χ0) is 13.2. The Hall–Kier alpha value is -1.02. The molecule has 0 aromatic heterocycles. The van der Waals surface area contributed by atoms with Crippen LogP contribution >= 0.6 is 0 Å². The predicted octanol–water partition coefficient (Wildman–Crippen LogP) is 3.32. The van der Waals surface area contributed by atoms with Crippen LogP contribution in [0.4, 0.5) is 0 Å². The normalized spacial score (nSPS) is 12.9. The van der Waals surface area contributed by atoms with Gasteiger partial charge < -0.3 is 10.5 Å². The summed E-state index contributed by atoms with van der Waals surface area (Å²) in [5, 5.41) is 0. The second kappa shape index (κ2) is 5.54. The van der Waals surface area contributed by atoms with Gasteiger partial charge in [-0.1, -0.05) is 19.9 Å². The van der Waals surface area contributed by atoms with Gasteiger partial charge >= 0.3 is 0 Å². The number of methoxy groups -OCH3 is 1. The van der Waals surface area contributed by atoms with Gasteiger partial charge in [0, 0.05) is 11.5 Å². The van der Waals surface area contributed by atoms with Crippen LogP contribution in [0.2, 0.25) is 0 Å². The third kappa shape index (κ3) is 2.63. The summed E-state index contributed by atoms with van der Waals surface area (Å²) in [4.78, 5) is 0. The van der Waals surface area contributed by atoms with Crippen LogP contribution in [0.1, 0.15) is 42.0 Å². The van der Waals surface area contributed by atoms with E-state index >= 15 is 0 Å². The van der Waals surface area contributed by atoms with Crippen LogP contribution in [0.3, 0.4) is 0 Å². The van der Waals surface area contributed by atoms with Crippen molar-refractivity contribution in [2.75, 3.05) is 13.7 Å². The fraction of sp³-hybridized carbons (Fsp3) is 0.600. The highest BCUT2D eigenvalue weighted by Gasteiger charge is 2.22. The molecule has 1 atom stereocenters. The van der Waals surface area contributed by atoms with Gasteiger partial charge in [0.15, 0.2) is 0 Å². The summed E-state index contributed by atoms with van der Waals surface area (Å²) >= 11 is 0. The second-order valence-electron chi connectivity index (χ2n) is 5.17. The summed E-state index contributed by atoms with van der Waals surface area (Å²) in [7, 11) is 1.75. The molecule has 0 spiro atoms. The van der Waals surface area contributed by atoms with Gasteiger partial charge in [-0.05, 0) is 49.9 Å². The second-order valence-corrected chi connectivity index (χ2v) is 5.17. The van der Waals surface area contributed by atoms with E-state index in [1.165, 1.54) is 22.3 Å². The van der Waals surface area contributed by atoms with E-state index in [-0.39, 0.29) is 0 Å². The highest BCUT2D eigenvalue weighted by atomic mass is 16.5. The first-order chi connectivity index (χ1) is 7.93. The van der Waals surface area contributed by atoms with Gasteiger partial charge in [0.25, 0.3) is 0 Å². The summed E-state index contributed by atoms with van der Waals surface area (Å²) < 4.78 is 5.62. The van der Waals surface area contributed by atoms with Crippen LogP contribution < -0.4 is 10.5 Å². The predicted molar refractivity (Wildman–Crippen MR) is 73.8 cm³/mol. The van der Waals surface area contributed by atoms with Gasteiger partial charge in [0.2, 0.25) is 0 Å². The lowest BCUT2D eigenvalue weighted by Gasteiger charge is -2.26. The summed E-state index contributed by atoms with van der Waals surface area (Å²) in [5.41, 5.74) is 11.0. The van der Waals surface area contributed by atoms with Crippen molar-refractivity contribution in [3.05, 3.63) is 28.3 Å². The monoisotopic (exact) mass is 235 g/mol. The van der Waals surface area contributed by atoms with E-state index in [0.717, 1.165) is 5.75 Å². The number of aryl methyl sites for hydroxylation is 2. The van der Waals surface area contributed by atoms with Crippen LogP contribution in [0, 0.1) is 26.7 Å². The number of benzene rings is 1. The average Bonchev–Trinajstić information content (AvgIpc) is 2.26. The van der Waals surface area contributed by atoms with E-state index in [4.69, 9.17) is 10.5 Å². The Morgan fingerprint density at radius 3 is 2.18 bits per heavy atom. The summed E-state index contributed by atoms with van der Waals surface area (Å²) in [6, 6.07) is 2.23. The maximum absolute atomic E-state index is 5.93. The van der Waals surface area contributed by atoms with Gasteiger partial charge in [0.1, 0.15) is 5.75 Å². The summed E-state index contributed by atoms with van der Waals surface area (Å²) in [5.74, 6) is 1.91. The lowest BCUT2D eigenvalue weighted by atomic mass is 9.83. The Morgan fingerprint density at radius 1 is 1.18 bits per heavy atom. The molecule has 0 aliphatic heterocycles. The van der Waals surface area contributed by atoms with Crippen molar-refractivity contribution in [1.82, 2.24) is 0 Å². The van der Waals surface area contributed by atoms with E-state index in [0.29, 0.717) is 18.4 Å². The number of ether oxygens (including phenoxy) is 1. The molecule has 1 aromatic rings. The minimum Gasteiger partial charge on any atom is -0.496 e. The first kappa shape index (κ1) is 14.0. The van der Waals surface area contributed by atoms with Crippen molar-refractivity contribution in [3.8, 4) is 5.75 Å². The van der Waals surface area contributed by atoms with Gasteiger partial charge in [-0.3, -0.25) is 0 Å². The first-order valence-corrected chi connectivity index (χ1v) is 6.28. The van der Waals surface area contributed by atoms with E-state index in [9.17, 15) is 0 Å². The molecule has 2 nitrogen and oxygen atoms in total. The Balaban J connectivity index is 3.45. The molecule has 2 N–H and O–H groups in total. The molecule has 0 amide bonds. The van der Waals surface area contributed by atoms with Gasteiger partial charge in [0.05, 0.1) is 7.11 Å². The molecule has 1 unspecified atom stereocenters. The fourth-order valence-electron chi connectivity index (χ4n) is 2.52. The fourth-order valence-corrected chi connectivity index (χ4v) is 2.52. The molecule has 0 heterocycles. The minimum absolute atomic E-state index is 0.365. The van der Waals surface area contributed by atoms with Gasteiger partial charge in [-0.15, -0.1) is 0 Å². The van der Waals surface area contributed by atoms with Crippen LogP contribution in [0.25, 0.3) is 0 Å². The van der Waals surface area contributed by atoms with Crippen molar-refractivity contribution < 1.29 is 4.74 Å². The summed E-state index contributed by atoms with van der Waals surface area (Å²) in [6.07, 6.45) is 0. The Kier molecular flexibility index (Phi) is 4.58. The van der Waals surface area contributed by atoms with Crippen molar-refractivity contribution in [2.45, 2.75) is 40.5 Å².